The highest BCUT2D eigenvalue weighted by molar-refractivity contribution is 6.32. The maximum Gasteiger partial charge on any atom is 0.409 e. The van der Waals surface area contributed by atoms with Gasteiger partial charge in [0.05, 0.1) is 11.4 Å². The number of amides is 2. The van der Waals surface area contributed by atoms with E-state index in [2.05, 4.69) is 10.3 Å². The third-order valence-electron chi connectivity index (χ3n) is 3.83. The number of benzene rings is 2. The quantitative estimate of drug-likeness (QED) is 0.898. The molecule has 0 saturated carbocycles. The molecule has 0 radical (unpaired) electrons. The van der Waals surface area contributed by atoms with Gasteiger partial charge in [0.2, 0.25) is 0 Å². The van der Waals surface area contributed by atoms with E-state index >= 15 is 0 Å². The summed E-state index contributed by atoms with van der Waals surface area (Å²) in [6.07, 6.45) is -2.02. The van der Waals surface area contributed by atoms with Crippen molar-refractivity contribution in [3.63, 3.8) is 0 Å². The molecule has 2 aromatic rings. The van der Waals surface area contributed by atoms with E-state index in [1.54, 1.807) is 25.2 Å². The molecule has 0 spiro atoms. The van der Waals surface area contributed by atoms with Crippen LogP contribution in [0.2, 0.25) is 5.02 Å². The van der Waals surface area contributed by atoms with E-state index in [0.717, 1.165) is 5.56 Å². The van der Waals surface area contributed by atoms with Crippen molar-refractivity contribution in [1.29, 1.82) is 0 Å². The van der Waals surface area contributed by atoms with E-state index < -0.39 is 18.2 Å². The molecule has 0 aromatic heterocycles. The summed E-state index contributed by atoms with van der Waals surface area (Å²) in [4.78, 5) is 30.2. The second kappa shape index (κ2) is 6.94. The van der Waals surface area contributed by atoms with Crippen LogP contribution in [0.5, 0.6) is 0 Å². The van der Waals surface area contributed by atoms with Crippen molar-refractivity contribution in [2.75, 3.05) is 19.0 Å². The van der Waals surface area contributed by atoms with Crippen LogP contribution < -0.4 is 10.2 Å². The number of likely N-dealkylation sites (N-methyl/N-ethyl adjacent to an activating group) is 1. The van der Waals surface area contributed by atoms with Crippen molar-refractivity contribution in [1.82, 2.24) is 5.32 Å². The molecule has 6 nitrogen and oxygen atoms in total. The fourth-order valence-electron chi connectivity index (χ4n) is 2.58. The normalized spacial score (nSPS) is 16.6. The minimum Gasteiger partial charge on any atom is -0.414 e. The number of carbonyl (C=O) groups is 2. The summed E-state index contributed by atoms with van der Waals surface area (Å²) in [6, 6.07) is 14.6. The third-order valence-corrected chi connectivity index (χ3v) is 4.07. The minimum atomic E-state index is -1.29. The van der Waals surface area contributed by atoms with Gasteiger partial charge >= 0.3 is 6.09 Å². The number of benzodiazepines with no additional fused rings is 1. The van der Waals surface area contributed by atoms with Gasteiger partial charge in [0.25, 0.3) is 12.1 Å². The Morgan fingerprint density at radius 2 is 1.96 bits per heavy atom. The van der Waals surface area contributed by atoms with Crippen LogP contribution in [0, 0.1) is 0 Å². The average molecular weight is 358 g/mol. The SMILES string of the molecule is CNC(=O)OC1N=C(c2ccccc2)c2cc(Cl)ccc2N(C)C1=O. The van der Waals surface area contributed by atoms with Crippen LogP contribution in [0.3, 0.4) is 0 Å². The van der Waals surface area contributed by atoms with Gasteiger partial charge in [-0.2, -0.15) is 0 Å². The molecule has 25 heavy (non-hydrogen) atoms. The molecule has 0 bridgehead atoms. The predicted octanol–water partition coefficient (Wildman–Crippen LogP) is 2.84. The molecule has 1 aliphatic heterocycles. The number of alkyl carbamates (subject to hydrolysis) is 1. The summed E-state index contributed by atoms with van der Waals surface area (Å²) in [5.74, 6) is -0.446. The molecule has 2 amide bonds. The molecule has 2 aromatic carbocycles. The first-order chi connectivity index (χ1) is 12.0. The molecule has 0 aliphatic carbocycles. The number of carbonyl (C=O) groups excluding carboxylic acids is 2. The predicted molar refractivity (Wildman–Crippen MR) is 96.3 cm³/mol. The van der Waals surface area contributed by atoms with Gasteiger partial charge in [-0.3, -0.25) is 4.79 Å². The zero-order chi connectivity index (χ0) is 18.0. The lowest BCUT2D eigenvalue weighted by molar-refractivity contribution is -0.126. The first-order valence-corrected chi connectivity index (χ1v) is 7.98. The monoisotopic (exact) mass is 357 g/mol. The Bertz CT molecular complexity index is 852. The zero-order valence-electron chi connectivity index (χ0n) is 13.7. The van der Waals surface area contributed by atoms with Crippen LogP contribution in [-0.2, 0) is 9.53 Å². The highest BCUT2D eigenvalue weighted by Gasteiger charge is 2.32. The van der Waals surface area contributed by atoms with Gasteiger partial charge in [0, 0.05) is 30.2 Å². The zero-order valence-corrected chi connectivity index (χ0v) is 14.4. The van der Waals surface area contributed by atoms with Gasteiger partial charge in [-0.05, 0) is 18.2 Å². The van der Waals surface area contributed by atoms with Crippen LogP contribution in [0.15, 0.2) is 53.5 Å². The molecule has 128 valence electrons. The number of nitrogens with one attached hydrogen (secondary N) is 1. The largest absolute Gasteiger partial charge is 0.414 e. The summed E-state index contributed by atoms with van der Waals surface area (Å²) in [7, 11) is 3.03. The first kappa shape index (κ1) is 17.0. The Kier molecular flexibility index (Phi) is 4.72. The molecule has 3 rings (SSSR count). The number of fused-ring (bicyclic) bond motifs is 1. The van der Waals surface area contributed by atoms with Crippen LogP contribution in [0.4, 0.5) is 10.5 Å². The standard InChI is InChI=1S/C18H16ClN3O3/c1-20-18(24)25-16-17(23)22(2)14-9-8-12(19)10-13(14)15(21-16)11-6-4-3-5-7-11/h3-10,16H,1-2H3,(H,20,24). The van der Waals surface area contributed by atoms with Gasteiger partial charge < -0.3 is 15.0 Å². The highest BCUT2D eigenvalue weighted by Crippen LogP contribution is 2.30. The molecule has 1 unspecified atom stereocenters. The van der Waals surface area contributed by atoms with Crippen molar-refractivity contribution in [2.24, 2.45) is 4.99 Å². The van der Waals surface area contributed by atoms with Gasteiger partial charge in [-0.15, -0.1) is 0 Å². The van der Waals surface area contributed by atoms with Crippen molar-refractivity contribution < 1.29 is 14.3 Å². The number of anilines is 1. The van der Waals surface area contributed by atoms with E-state index in [-0.39, 0.29) is 0 Å². The Balaban J connectivity index is 2.20. The van der Waals surface area contributed by atoms with E-state index in [0.29, 0.717) is 22.0 Å². The average Bonchev–Trinajstić information content (AvgIpc) is 2.73. The second-order valence-electron chi connectivity index (χ2n) is 5.41. The van der Waals surface area contributed by atoms with E-state index in [1.807, 2.05) is 30.3 Å². The van der Waals surface area contributed by atoms with Gasteiger partial charge in [0.15, 0.2) is 0 Å². The first-order valence-electron chi connectivity index (χ1n) is 7.60. The number of hydrogen-bond donors (Lipinski definition) is 1. The number of aliphatic imine (C=N–C) groups is 1. The molecular weight excluding hydrogens is 342 g/mol. The molecule has 1 heterocycles. The van der Waals surface area contributed by atoms with Crippen LogP contribution in [-0.4, -0.2) is 38.0 Å². The van der Waals surface area contributed by atoms with Crippen molar-refractivity contribution in [3.8, 4) is 0 Å². The lowest BCUT2D eigenvalue weighted by Crippen LogP contribution is -2.39. The Hall–Kier alpha value is -2.86. The smallest absolute Gasteiger partial charge is 0.409 e. The van der Waals surface area contributed by atoms with Crippen molar-refractivity contribution >= 4 is 35.0 Å². The molecule has 1 atom stereocenters. The molecule has 0 fully saturated rings. The Morgan fingerprint density at radius 3 is 2.64 bits per heavy atom. The summed E-state index contributed by atoms with van der Waals surface area (Å²) in [5, 5.41) is 2.85. The number of halogens is 1. The fraction of sp³-hybridized carbons (Fsp3) is 0.167. The fourth-order valence-corrected chi connectivity index (χ4v) is 2.75. The van der Waals surface area contributed by atoms with E-state index in [9.17, 15) is 9.59 Å². The number of nitrogens with zero attached hydrogens (tertiary/aromatic N) is 2. The van der Waals surface area contributed by atoms with Gasteiger partial charge in [0.1, 0.15) is 0 Å². The Labute approximate surface area is 150 Å². The van der Waals surface area contributed by atoms with Crippen molar-refractivity contribution in [2.45, 2.75) is 6.23 Å². The van der Waals surface area contributed by atoms with E-state index in [1.165, 1.54) is 11.9 Å². The third kappa shape index (κ3) is 3.34. The maximum atomic E-state index is 12.7. The Morgan fingerprint density at radius 1 is 1.24 bits per heavy atom. The molecular formula is C18H16ClN3O3. The van der Waals surface area contributed by atoms with Crippen LogP contribution in [0.25, 0.3) is 0 Å². The minimum absolute atomic E-state index is 0.446. The second-order valence-corrected chi connectivity index (χ2v) is 5.85. The lowest BCUT2D eigenvalue weighted by atomic mass is 10.0. The molecule has 0 saturated heterocycles. The van der Waals surface area contributed by atoms with E-state index in [4.69, 9.17) is 16.3 Å². The van der Waals surface area contributed by atoms with Crippen molar-refractivity contribution in [3.05, 3.63) is 64.7 Å². The topological polar surface area (TPSA) is 71.0 Å². The summed E-state index contributed by atoms with van der Waals surface area (Å²) in [5.41, 5.74) is 2.65. The molecule has 7 heteroatoms. The van der Waals surface area contributed by atoms with Gasteiger partial charge in [-0.25, -0.2) is 9.79 Å². The molecule has 1 N–H and O–H groups in total. The lowest BCUT2D eigenvalue weighted by Gasteiger charge is -2.20. The molecule has 1 aliphatic rings. The maximum absolute atomic E-state index is 12.7. The summed E-state index contributed by atoms with van der Waals surface area (Å²) >= 11 is 6.16. The van der Waals surface area contributed by atoms with Crippen LogP contribution >= 0.6 is 11.6 Å². The summed E-state index contributed by atoms with van der Waals surface area (Å²) in [6.45, 7) is 0. The van der Waals surface area contributed by atoms with Crippen LogP contribution in [0.1, 0.15) is 11.1 Å². The van der Waals surface area contributed by atoms with Gasteiger partial charge in [-0.1, -0.05) is 41.9 Å². The number of ether oxygens (including phenoxy) is 1. The number of hydrogen-bond acceptors (Lipinski definition) is 4. The highest BCUT2D eigenvalue weighted by atomic mass is 35.5. The number of rotatable bonds is 2. The summed E-state index contributed by atoms with van der Waals surface area (Å²) < 4.78 is 5.15.